The van der Waals surface area contributed by atoms with Crippen molar-refractivity contribution in [1.82, 2.24) is 5.32 Å². The van der Waals surface area contributed by atoms with Gasteiger partial charge in [-0.1, -0.05) is 74.0 Å². The van der Waals surface area contributed by atoms with Gasteiger partial charge in [0.25, 0.3) is 0 Å². The molecule has 1 N–H and O–H groups in total. The van der Waals surface area contributed by atoms with Crippen molar-refractivity contribution in [2.45, 2.75) is 70.1 Å². The number of hydrogen-bond donors (Lipinski definition) is 1. The van der Waals surface area contributed by atoms with Gasteiger partial charge in [0, 0.05) is 24.3 Å². The molecule has 1 saturated carbocycles. The minimum absolute atomic E-state index is 0.0307. The molecule has 1 aliphatic carbocycles. The average Bonchev–Trinajstić information content (AvgIpc) is 2.69. The summed E-state index contributed by atoms with van der Waals surface area (Å²) in [6.45, 7) is 6.21. The molecule has 0 aromatic heterocycles. The van der Waals surface area contributed by atoms with Gasteiger partial charge in [-0.05, 0) is 43.2 Å². The zero-order valence-electron chi connectivity index (χ0n) is 17.8. The standard InChI is InChI=1S/C26H33NO2/c1-18-14-15-22-23(16-18)29-24(17-26(22,3)27-19(2)28)25(20-10-6-4-7-11-20)21-12-8-5-9-13-21/h4-13,18,22-25H,14-17H2,1-3H3,(H,27,28)/t18-,22-,23-,24-,26+/m1/s1. The smallest absolute Gasteiger partial charge is 0.217 e. The molecule has 2 fully saturated rings. The maximum atomic E-state index is 12.1. The first kappa shape index (κ1) is 20.2. The van der Waals surface area contributed by atoms with Crippen LogP contribution in [0.1, 0.15) is 63.5 Å². The molecule has 2 aromatic carbocycles. The Kier molecular flexibility index (Phi) is 5.78. The highest BCUT2D eigenvalue weighted by Gasteiger charge is 2.50. The lowest BCUT2D eigenvalue weighted by Gasteiger charge is -2.53. The van der Waals surface area contributed by atoms with Gasteiger partial charge in [-0.25, -0.2) is 0 Å². The fourth-order valence-electron chi connectivity index (χ4n) is 5.73. The molecule has 2 aromatic rings. The van der Waals surface area contributed by atoms with E-state index in [1.165, 1.54) is 17.5 Å². The third-order valence-electron chi connectivity index (χ3n) is 7.00. The maximum absolute atomic E-state index is 12.1. The Bertz CT molecular complexity index is 782. The fourth-order valence-corrected chi connectivity index (χ4v) is 5.73. The first-order valence-electron chi connectivity index (χ1n) is 11.0. The van der Waals surface area contributed by atoms with Crippen molar-refractivity contribution in [1.29, 1.82) is 0 Å². The second-order valence-corrected chi connectivity index (χ2v) is 9.34. The molecule has 4 rings (SSSR count). The van der Waals surface area contributed by atoms with E-state index in [-0.39, 0.29) is 29.6 Å². The van der Waals surface area contributed by atoms with Crippen LogP contribution >= 0.6 is 0 Å². The Labute approximate surface area is 174 Å². The largest absolute Gasteiger partial charge is 0.374 e. The molecule has 3 nitrogen and oxygen atoms in total. The van der Waals surface area contributed by atoms with Crippen molar-refractivity contribution in [3.8, 4) is 0 Å². The predicted octanol–water partition coefficient (Wildman–Crippen LogP) is 5.31. The number of nitrogens with one attached hydrogen (secondary N) is 1. The Morgan fingerprint density at radius 1 is 1.03 bits per heavy atom. The third kappa shape index (κ3) is 4.25. The summed E-state index contributed by atoms with van der Waals surface area (Å²) >= 11 is 0. The van der Waals surface area contributed by atoms with E-state index in [4.69, 9.17) is 4.74 Å². The Hall–Kier alpha value is -2.13. The summed E-state index contributed by atoms with van der Waals surface area (Å²) in [5.74, 6) is 1.26. The number of amides is 1. The highest BCUT2D eigenvalue weighted by Crippen LogP contribution is 2.47. The van der Waals surface area contributed by atoms with Crippen LogP contribution in [0, 0.1) is 11.8 Å². The van der Waals surface area contributed by atoms with E-state index < -0.39 is 0 Å². The number of ether oxygens (including phenoxy) is 1. The Morgan fingerprint density at radius 3 is 2.17 bits per heavy atom. The van der Waals surface area contributed by atoms with Crippen LogP contribution in [0.2, 0.25) is 0 Å². The van der Waals surface area contributed by atoms with Gasteiger partial charge in [0.2, 0.25) is 5.91 Å². The second kappa shape index (κ2) is 8.31. The molecular weight excluding hydrogens is 358 g/mol. The van der Waals surface area contributed by atoms with Gasteiger partial charge in [-0.3, -0.25) is 4.79 Å². The van der Waals surface area contributed by atoms with Crippen LogP contribution in [0.4, 0.5) is 0 Å². The van der Waals surface area contributed by atoms with E-state index in [2.05, 4.69) is 79.8 Å². The summed E-state index contributed by atoms with van der Waals surface area (Å²) in [5, 5.41) is 3.34. The van der Waals surface area contributed by atoms with Gasteiger partial charge < -0.3 is 10.1 Å². The lowest BCUT2D eigenvalue weighted by atomic mass is 9.65. The quantitative estimate of drug-likeness (QED) is 0.767. The van der Waals surface area contributed by atoms with Crippen LogP contribution in [0.25, 0.3) is 0 Å². The van der Waals surface area contributed by atoms with Gasteiger partial charge in [0.15, 0.2) is 0 Å². The molecule has 1 amide bonds. The van der Waals surface area contributed by atoms with Crippen LogP contribution in [0.5, 0.6) is 0 Å². The van der Waals surface area contributed by atoms with Gasteiger partial charge in [-0.2, -0.15) is 0 Å². The lowest BCUT2D eigenvalue weighted by molar-refractivity contribution is -0.154. The molecule has 29 heavy (non-hydrogen) atoms. The normalized spacial score (nSPS) is 31.9. The van der Waals surface area contributed by atoms with Crippen LogP contribution in [-0.2, 0) is 9.53 Å². The van der Waals surface area contributed by atoms with Crippen molar-refractivity contribution in [3.05, 3.63) is 71.8 Å². The zero-order valence-corrected chi connectivity index (χ0v) is 17.8. The first-order chi connectivity index (χ1) is 14.0. The second-order valence-electron chi connectivity index (χ2n) is 9.34. The molecular formula is C26H33NO2. The van der Waals surface area contributed by atoms with Gasteiger partial charge >= 0.3 is 0 Å². The fraction of sp³-hybridized carbons (Fsp3) is 0.500. The molecule has 3 heteroatoms. The molecule has 1 heterocycles. The van der Waals surface area contributed by atoms with E-state index in [1.54, 1.807) is 6.92 Å². The number of hydrogen-bond acceptors (Lipinski definition) is 2. The average molecular weight is 392 g/mol. The number of benzene rings is 2. The minimum atomic E-state index is -0.235. The Balaban J connectivity index is 1.73. The number of carbonyl (C=O) groups is 1. The van der Waals surface area contributed by atoms with Crippen molar-refractivity contribution in [3.63, 3.8) is 0 Å². The van der Waals surface area contributed by atoms with Crippen molar-refractivity contribution in [2.75, 3.05) is 0 Å². The van der Waals surface area contributed by atoms with Crippen molar-refractivity contribution >= 4 is 5.91 Å². The first-order valence-corrected chi connectivity index (χ1v) is 11.0. The molecule has 0 spiro atoms. The van der Waals surface area contributed by atoms with E-state index in [1.807, 2.05) is 0 Å². The topological polar surface area (TPSA) is 38.3 Å². The molecule has 2 aliphatic rings. The van der Waals surface area contributed by atoms with Crippen LogP contribution in [0.3, 0.4) is 0 Å². The van der Waals surface area contributed by atoms with E-state index in [0.717, 1.165) is 19.3 Å². The van der Waals surface area contributed by atoms with Gasteiger partial charge in [-0.15, -0.1) is 0 Å². The minimum Gasteiger partial charge on any atom is -0.374 e. The third-order valence-corrected chi connectivity index (χ3v) is 7.00. The number of fused-ring (bicyclic) bond motifs is 1. The molecule has 0 unspecified atom stereocenters. The Morgan fingerprint density at radius 2 is 1.62 bits per heavy atom. The predicted molar refractivity (Wildman–Crippen MR) is 117 cm³/mol. The summed E-state index contributed by atoms with van der Waals surface area (Å²) in [6, 6.07) is 21.3. The van der Waals surface area contributed by atoms with Gasteiger partial charge in [0.05, 0.1) is 12.2 Å². The number of carbonyl (C=O) groups excluding carboxylic acids is 1. The van der Waals surface area contributed by atoms with Crippen LogP contribution < -0.4 is 5.32 Å². The van der Waals surface area contributed by atoms with E-state index in [0.29, 0.717) is 11.8 Å². The summed E-state index contributed by atoms with van der Waals surface area (Å²) in [6.07, 6.45) is 4.47. The van der Waals surface area contributed by atoms with Crippen LogP contribution in [-0.4, -0.2) is 23.7 Å². The summed E-state index contributed by atoms with van der Waals surface area (Å²) in [5.41, 5.74) is 2.31. The number of rotatable bonds is 4. The van der Waals surface area contributed by atoms with Crippen molar-refractivity contribution in [2.24, 2.45) is 11.8 Å². The molecule has 0 bridgehead atoms. The highest BCUT2D eigenvalue weighted by molar-refractivity contribution is 5.73. The van der Waals surface area contributed by atoms with Crippen LogP contribution in [0.15, 0.2) is 60.7 Å². The summed E-state index contributed by atoms with van der Waals surface area (Å²) < 4.78 is 6.86. The zero-order chi connectivity index (χ0) is 20.4. The van der Waals surface area contributed by atoms with Gasteiger partial charge in [0.1, 0.15) is 0 Å². The molecule has 0 radical (unpaired) electrons. The molecule has 1 aliphatic heterocycles. The summed E-state index contributed by atoms with van der Waals surface area (Å²) in [4.78, 5) is 12.1. The molecule has 5 atom stereocenters. The summed E-state index contributed by atoms with van der Waals surface area (Å²) in [7, 11) is 0. The van der Waals surface area contributed by atoms with E-state index in [9.17, 15) is 4.79 Å². The molecule has 154 valence electrons. The maximum Gasteiger partial charge on any atom is 0.217 e. The highest BCUT2D eigenvalue weighted by atomic mass is 16.5. The molecule has 1 saturated heterocycles. The van der Waals surface area contributed by atoms with Crippen molar-refractivity contribution < 1.29 is 9.53 Å². The SMILES string of the molecule is CC(=O)N[C@@]1(C)C[C@H](C(c2ccccc2)c2ccccc2)O[C@@H]2C[C@H](C)CC[C@H]21. The lowest BCUT2D eigenvalue weighted by Crippen LogP contribution is -2.62. The monoisotopic (exact) mass is 391 g/mol. The van der Waals surface area contributed by atoms with E-state index >= 15 is 0 Å².